The van der Waals surface area contributed by atoms with E-state index in [9.17, 15) is 0 Å². The van der Waals surface area contributed by atoms with Gasteiger partial charge in [0.05, 0.1) is 0 Å². The van der Waals surface area contributed by atoms with Crippen LogP contribution in [0.1, 0.15) is 0 Å². The van der Waals surface area contributed by atoms with E-state index in [0.717, 1.165) is 4.31 Å². The molecular weight excluding hydrogens is 235 g/mol. The van der Waals surface area contributed by atoms with Gasteiger partial charge in [0.1, 0.15) is 0 Å². The van der Waals surface area contributed by atoms with E-state index >= 15 is 0 Å². The summed E-state index contributed by atoms with van der Waals surface area (Å²) in [5.74, 6) is 0. The van der Waals surface area contributed by atoms with Crippen molar-refractivity contribution in [1.29, 1.82) is 0 Å². The van der Waals surface area contributed by atoms with Gasteiger partial charge in [-0.05, 0) is 0 Å². The number of allylic oxidation sites excluding steroid dienone is 1. The molecule has 14 heavy (non-hydrogen) atoms. The average molecular weight is 247 g/mol. The number of rotatable bonds is 1. The Morgan fingerprint density at radius 3 is 1.57 bits per heavy atom. The van der Waals surface area contributed by atoms with Gasteiger partial charge in [-0.2, -0.15) is 0 Å². The van der Waals surface area contributed by atoms with Crippen molar-refractivity contribution >= 4 is 11.6 Å². The fraction of sp³-hybridized carbons (Fsp3) is 0.833. The van der Waals surface area contributed by atoms with Gasteiger partial charge in [-0.25, -0.2) is 0 Å². The maximum atomic E-state index is 7.20. The first-order valence-corrected chi connectivity index (χ1v) is 12.6. The molecule has 0 aromatic carbocycles. The van der Waals surface area contributed by atoms with E-state index in [1.54, 1.807) is 0 Å². The Labute approximate surface area is 77.4 Å². The zero-order valence-electron chi connectivity index (χ0n) is 7.63. The first kappa shape index (κ1) is 4.82. The molecule has 0 radical (unpaired) electrons. The van der Waals surface area contributed by atoms with Crippen LogP contribution in [-0.4, -0.2) is 3.77 Å². The fourth-order valence-electron chi connectivity index (χ4n) is 17.0. The van der Waals surface area contributed by atoms with Gasteiger partial charge in [-0.3, -0.25) is 0 Å². The van der Waals surface area contributed by atoms with Gasteiger partial charge < -0.3 is 0 Å². The molecule has 0 aromatic heterocycles. The first-order chi connectivity index (χ1) is 6.49. The molecule has 2 heteroatoms. The van der Waals surface area contributed by atoms with E-state index in [-0.39, 0.29) is 0 Å². The van der Waals surface area contributed by atoms with Crippen molar-refractivity contribution < 1.29 is 6.51 Å². The Kier molecular flexibility index (Phi) is 0.108. The summed E-state index contributed by atoms with van der Waals surface area (Å²) >= 11 is 7.20. The molecule has 8 atom stereocenters. The number of alkyl halides is 1. The quantitative estimate of drug-likeness (QED) is 0.371. The molecular formula is C12H11ClFe. The van der Waals surface area contributed by atoms with Gasteiger partial charge in [0.15, 0.2) is 0 Å². The fourth-order valence-corrected chi connectivity index (χ4v) is 96.7. The number of hydrogen-bond acceptors (Lipinski definition) is 0. The summed E-state index contributed by atoms with van der Waals surface area (Å²) in [4.78, 5) is 10.3. The molecule has 0 aromatic rings. The van der Waals surface area contributed by atoms with Crippen molar-refractivity contribution in [3.63, 3.8) is 0 Å². The van der Waals surface area contributed by atoms with Crippen molar-refractivity contribution in [1.82, 2.24) is 0 Å². The zero-order valence-corrected chi connectivity index (χ0v) is 9.49. The Bertz CT molecular complexity index is 951. The molecule has 10 heterocycles. The molecule has 10 fully saturated rings. The summed E-state index contributed by atoms with van der Waals surface area (Å²) in [6, 6.07) is 0. The normalized spacial score (nSPS) is 147. The molecule has 74 valence electrons. The molecule has 0 bridgehead atoms. The second kappa shape index (κ2) is 0.313. The summed E-state index contributed by atoms with van der Waals surface area (Å²) in [6.45, 7) is 1.24. The van der Waals surface area contributed by atoms with Gasteiger partial charge in [0, 0.05) is 0 Å². The SMILES string of the molecule is C=C[C]12[CH]3[CH]4[CH]5[CH]1[Fe]45321678[CH]2[CH]1[CH]6[C]7(Cl)[CH]28. The maximum absolute atomic E-state index is 7.20. The van der Waals surface area contributed by atoms with Crippen LogP contribution in [0.5, 0.6) is 0 Å². The van der Waals surface area contributed by atoms with Crippen LogP contribution in [0.15, 0.2) is 12.7 Å². The summed E-state index contributed by atoms with van der Waals surface area (Å²) < 4.78 is 1.39. The molecule has 0 saturated carbocycles. The summed E-state index contributed by atoms with van der Waals surface area (Å²) in [7, 11) is 0. The Balaban J connectivity index is 2.06. The molecule has 10 saturated heterocycles. The van der Waals surface area contributed by atoms with Crippen molar-refractivity contribution in [2.24, 2.45) is 0 Å². The van der Waals surface area contributed by atoms with Gasteiger partial charge in [-0.1, -0.05) is 0 Å². The van der Waals surface area contributed by atoms with Crippen molar-refractivity contribution in [3.05, 3.63) is 12.7 Å². The van der Waals surface area contributed by atoms with E-state index in [2.05, 4.69) is 12.7 Å². The standard InChI is InChI=1S/C7H7.C5H4Cl.Fe/c1-2-7-5-3-4-6-7;6-5-3-1-2-4-5;/h2-6H,1H2;1-4H;. The van der Waals surface area contributed by atoms with Gasteiger partial charge in [-0.15, -0.1) is 0 Å². The Morgan fingerprint density at radius 1 is 1.00 bits per heavy atom. The Morgan fingerprint density at radius 2 is 1.50 bits per heavy atom. The molecule has 0 aliphatic carbocycles. The van der Waals surface area contributed by atoms with Crippen molar-refractivity contribution in [2.45, 2.75) is 46.6 Å². The number of hydrogen-bond donors (Lipinski definition) is 0. The predicted octanol–water partition coefficient (Wildman–Crippen LogP) is 4.08. The van der Waals surface area contributed by atoms with E-state index in [4.69, 9.17) is 11.6 Å². The van der Waals surface area contributed by atoms with Crippen LogP contribution in [-0.2, 0) is 6.51 Å². The Hall–Kier alpha value is 0.549. The first-order valence-electron chi connectivity index (χ1n) is 6.03. The van der Waals surface area contributed by atoms with E-state index in [0.29, 0.717) is 3.77 Å². The van der Waals surface area contributed by atoms with Crippen LogP contribution in [0.2, 0.25) is 42.8 Å². The number of fused-ring (bicyclic) bond motifs is 10. The van der Waals surface area contributed by atoms with Crippen LogP contribution >= 0.6 is 11.6 Å². The summed E-state index contributed by atoms with van der Waals surface area (Å²) in [5.41, 5.74) is 0. The van der Waals surface area contributed by atoms with Gasteiger partial charge in [0.25, 0.3) is 0 Å². The molecule has 10 aliphatic rings. The van der Waals surface area contributed by atoms with Gasteiger partial charge >= 0.3 is 77.4 Å². The second-order valence-corrected chi connectivity index (χ2v) is 34.1. The molecule has 0 amide bonds. The summed E-state index contributed by atoms with van der Waals surface area (Å²) in [6.07, 6.45) is 2.49. The molecule has 0 N–H and O–H groups in total. The average Bonchev–Trinajstić information content (AvgIpc) is 3.10. The molecule has 0 nitrogen and oxygen atoms in total. The summed E-state index contributed by atoms with van der Waals surface area (Å²) in [5, 5.41) is 0. The predicted molar refractivity (Wildman–Crippen MR) is 51.5 cm³/mol. The van der Waals surface area contributed by atoms with Crippen LogP contribution in [0.3, 0.4) is 0 Å². The van der Waals surface area contributed by atoms with Crippen molar-refractivity contribution in [2.75, 3.05) is 0 Å². The molecule has 10 aliphatic heterocycles. The van der Waals surface area contributed by atoms with E-state index in [1.807, 2.05) is 0 Å². The van der Waals surface area contributed by atoms with Crippen LogP contribution in [0.25, 0.3) is 0 Å². The molecule has 8 unspecified atom stereocenters. The van der Waals surface area contributed by atoms with E-state index in [1.165, 1.54) is 38.5 Å². The van der Waals surface area contributed by atoms with Crippen LogP contribution in [0.4, 0.5) is 0 Å². The van der Waals surface area contributed by atoms with Gasteiger partial charge in [0.2, 0.25) is 0 Å². The topological polar surface area (TPSA) is 0 Å². The molecule has 1 spiro atoms. The third-order valence-corrected chi connectivity index (χ3v) is 61.0. The van der Waals surface area contributed by atoms with E-state index < -0.39 is 6.51 Å². The van der Waals surface area contributed by atoms with Crippen molar-refractivity contribution in [3.8, 4) is 0 Å². The minimum atomic E-state index is -3.02. The van der Waals surface area contributed by atoms with Crippen LogP contribution in [0, 0.1) is 0 Å². The minimum absolute atomic E-state index is 0.558. The third-order valence-electron chi connectivity index (χ3n) is 15.1. The third kappa shape index (κ3) is 0.0318. The second-order valence-electron chi connectivity index (χ2n) is 9.95. The van der Waals surface area contributed by atoms with Crippen LogP contribution < -0.4 is 0 Å². The number of halogens is 1. The zero-order chi connectivity index (χ0) is 8.64. The monoisotopic (exact) mass is 246 g/mol. The molecule has 10 rings (SSSR count).